The molecule has 6 heteroatoms. The Labute approximate surface area is 149 Å². The van der Waals surface area contributed by atoms with Gasteiger partial charge in [-0.15, -0.1) is 0 Å². The fourth-order valence-electron chi connectivity index (χ4n) is 2.37. The number of benzene rings is 2. The van der Waals surface area contributed by atoms with Crippen molar-refractivity contribution in [3.05, 3.63) is 65.3 Å². The van der Waals surface area contributed by atoms with Crippen molar-refractivity contribution in [1.82, 2.24) is 4.98 Å². The highest BCUT2D eigenvalue weighted by Crippen LogP contribution is 2.29. The van der Waals surface area contributed by atoms with Gasteiger partial charge in [-0.05, 0) is 42.0 Å². The average molecular weight is 352 g/mol. The molecule has 0 saturated carbocycles. The quantitative estimate of drug-likeness (QED) is 0.754. The van der Waals surface area contributed by atoms with E-state index in [1.165, 1.54) is 0 Å². The van der Waals surface area contributed by atoms with E-state index in [2.05, 4.69) is 16.4 Å². The smallest absolute Gasteiger partial charge is 0.262 e. The summed E-state index contributed by atoms with van der Waals surface area (Å²) >= 11 is 6.14. The third kappa shape index (κ3) is 4.06. The zero-order valence-electron chi connectivity index (χ0n) is 13.2. The number of pyridine rings is 1. The van der Waals surface area contributed by atoms with Gasteiger partial charge in [-0.25, -0.2) is 0 Å². The molecule has 2 aromatic carbocycles. The van der Waals surface area contributed by atoms with Crippen molar-refractivity contribution in [3.8, 4) is 11.8 Å². The Morgan fingerprint density at radius 2 is 2.00 bits per heavy atom. The second kappa shape index (κ2) is 7.65. The second-order valence-corrected chi connectivity index (χ2v) is 5.72. The van der Waals surface area contributed by atoms with Crippen LogP contribution in [0.25, 0.3) is 10.9 Å². The lowest BCUT2D eigenvalue weighted by Gasteiger charge is -2.10. The maximum absolute atomic E-state index is 12.1. The predicted molar refractivity (Wildman–Crippen MR) is 96.6 cm³/mol. The summed E-state index contributed by atoms with van der Waals surface area (Å²) in [6.45, 7) is -0.146. The van der Waals surface area contributed by atoms with Gasteiger partial charge in [0.1, 0.15) is 11.3 Å². The number of hydrogen-bond donors (Lipinski definition) is 1. The van der Waals surface area contributed by atoms with Gasteiger partial charge in [0.05, 0.1) is 17.5 Å². The van der Waals surface area contributed by atoms with Crippen LogP contribution >= 0.6 is 11.6 Å². The molecule has 5 nitrogen and oxygen atoms in total. The molecule has 1 heterocycles. The molecule has 0 aliphatic rings. The SMILES string of the molecule is N#CCc1ccc(NC(=O)COc2ccc(Cl)c3cccnc23)cc1. The van der Waals surface area contributed by atoms with Crippen LogP contribution in [0.5, 0.6) is 5.75 Å². The Morgan fingerprint density at radius 3 is 2.76 bits per heavy atom. The molecular formula is C19H14ClN3O2. The number of ether oxygens (including phenoxy) is 1. The lowest BCUT2D eigenvalue weighted by atomic mass is 10.1. The van der Waals surface area contributed by atoms with Gasteiger partial charge in [0.15, 0.2) is 6.61 Å². The average Bonchev–Trinajstić information content (AvgIpc) is 2.63. The normalized spacial score (nSPS) is 10.2. The minimum Gasteiger partial charge on any atom is -0.481 e. The third-order valence-corrected chi connectivity index (χ3v) is 3.89. The van der Waals surface area contributed by atoms with Crippen LogP contribution in [0.3, 0.4) is 0 Å². The molecular weight excluding hydrogens is 338 g/mol. The standard InChI is InChI=1S/C19H14ClN3O2/c20-16-7-8-17(19-15(16)2-1-11-22-19)25-12-18(24)23-14-5-3-13(4-6-14)9-10-21/h1-8,11H,9,12H2,(H,23,24). The monoisotopic (exact) mass is 351 g/mol. The Morgan fingerprint density at radius 1 is 1.20 bits per heavy atom. The third-order valence-electron chi connectivity index (χ3n) is 3.56. The maximum atomic E-state index is 12.1. The molecule has 1 amide bonds. The molecule has 3 rings (SSSR count). The highest BCUT2D eigenvalue weighted by Gasteiger charge is 2.09. The first-order valence-electron chi connectivity index (χ1n) is 7.59. The van der Waals surface area contributed by atoms with Crippen molar-refractivity contribution in [3.63, 3.8) is 0 Å². The van der Waals surface area contributed by atoms with Gasteiger partial charge >= 0.3 is 0 Å². The summed E-state index contributed by atoms with van der Waals surface area (Å²) in [5, 5.41) is 12.8. The zero-order valence-corrected chi connectivity index (χ0v) is 14.0. The van der Waals surface area contributed by atoms with E-state index in [9.17, 15) is 4.79 Å². The summed E-state index contributed by atoms with van der Waals surface area (Å²) in [5.74, 6) is 0.214. The molecule has 124 valence electrons. The number of nitrogens with one attached hydrogen (secondary N) is 1. The van der Waals surface area contributed by atoms with Crippen LogP contribution in [0.1, 0.15) is 5.56 Å². The fourth-order valence-corrected chi connectivity index (χ4v) is 2.58. The van der Waals surface area contributed by atoms with Gasteiger partial charge in [-0.2, -0.15) is 5.26 Å². The van der Waals surface area contributed by atoms with Crippen LogP contribution in [0.15, 0.2) is 54.7 Å². The Hall–Kier alpha value is -3.10. The molecule has 0 unspecified atom stereocenters. The molecule has 0 radical (unpaired) electrons. The summed E-state index contributed by atoms with van der Waals surface area (Å²) in [5.41, 5.74) is 2.16. The number of aromatic nitrogens is 1. The lowest BCUT2D eigenvalue weighted by Crippen LogP contribution is -2.20. The number of nitrogens with zero attached hydrogens (tertiary/aromatic N) is 2. The van der Waals surface area contributed by atoms with Crippen LogP contribution in [0.4, 0.5) is 5.69 Å². The van der Waals surface area contributed by atoms with Crippen molar-refractivity contribution >= 4 is 34.1 Å². The van der Waals surface area contributed by atoms with Gasteiger partial charge in [0.25, 0.3) is 5.91 Å². The van der Waals surface area contributed by atoms with Gasteiger partial charge in [0, 0.05) is 17.3 Å². The highest BCUT2D eigenvalue weighted by atomic mass is 35.5. The number of amides is 1. The first-order valence-corrected chi connectivity index (χ1v) is 7.97. The largest absolute Gasteiger partial charge is 0.481 e. The molecule has 25 heavy (non-hydrogen) atoms. The predicted octanol–water partition coefficient (Wildman–Crippen LogP) is 3.97. The van der Waals surface area contributed by atoms with Crippen molar-refractivity contribution < 1.29 is 9.53 Å². The number of carbonyl (C=O) groups is 1. The minimum absolute atomic E-state index is 0.146. The van der Waals surface area contributed by atoms with E-state index >= 15 is 0 Å². The van der Waals surface area contributed by atoms with Gasteiger partial charge in [-0.1, -0.05) is 23.7 Å². The number of fused-ring (bicyclic) bond motifs is 1. The zero-order chi connectivity index (χ0) is 17.6. The fraction of sp³-hybridized carbons (Fsp3) is 0.105. The summed E-state index contributed by atoms with van der Waals surface area (Å²) < 4.78 is 5.59. The van der Waals surface area contributed by atoms with E-state index < -0.39 is 0 Å². The van der Waals surface area contributed by atoms with E-state index in [0.29, 0.717) is 28.4 Å². The molecule has 0 fully saturated rings. The van der Waals surface area contributed by atoms with E-state index in [4.69, 9.17) is 21.6 Å². The topological polar surface area (TPSA) is 75.0 Å². The minimum atomic E-state index is -0.285. The summed E-state index contributed by atoms with van der Waals surface area (Å²) in [7, 11) is 0. The van der Waals surface area contributed by atoms with Gasteiger partial charge < -0.3 is 10.1 Å². The Kier molecular flexibility index (Phi) is 5.12. The lowest BCUT2D eigenvalue weighted by molar-refractivity contribution is -0.118. The number of carbonyl (C=O) groups excluding carboxylic acids is 1. The number of anilines is 1. The molecule has 0 aliphatic heterocycles. The molecule has 0 bridgehead atoms. The summed E-state index contributed by atoms with van der Waals surface area (Å²) in [6.07, 6.45) is 1.99. The van der Waals surface area contributed by atoms with E-state index in [1.54, 1.807) is 48.7 Å². The van der Waals surface area contributed by atoms with E-state index in [-0.39, 0.29) is 12.5 Å². The molecule has 1 N–H and O–H groups in total. The van der Waals surface area contributed by atoms with Crippen molar-refractivity contribution in [1.29, 1.82) is 5.26 Å². The molecule has 0 aliphatic carbocycles. The number of hydrogen-bond acceptors (Lipinski definition) is 4. The van der Waals surface area contributed by atoms with Crippen LogP contribution in [0, 0.1) is 11.3 Å². The van der Waals surface area contributed by atoms with Crippen molar-refractivity contribution in [2.45, 2.75) is 6.42 Å². The van der Waals surface area contributed by atoms with Gasteiger partial charge in [0.2, 0.25) is 0 Å². The summed E-state index contributed by atoms with van der Waals surface area (Å²) in [6, 6.07) is 16.2. The van der Waals surface area contributed by atoms with E-state index in [0.717, 1.165) is 10.9 Å². The van der Waals surface area contributed by atoms with E-state index in [1.807, 2.05) is 6.07 Å². The number of rotatable bonds is 5. The van der Waals surface area contributed by atoms with Gasteiger partial charge in [-0.3, -0.25) is 9.78 Å². The second-order valence-electron chi connectivity index (χ2n) is 5.31. The molecule has 0 atom stereocenters. The van der Waals surface area contributed by atoms with Crippen molar-refractivity contribution in [2.75, 3.05) is 11.9 Å². The Bertz CT molecular complexity index is 949. The molecule has 0 saturated heterocycles. The maximum Gasteiger partial charge on any atom is 0.262 e. The van der Waals surface area contributed by atoms with Crippen LogP contribution in [-0.2, 0) is 11.2 Å². The highest BCUT2D eigenvalue weighted by molar-refractivity contribution is 6.35. The number of halogens is 1. The Balaban J connectivity index is 1.65. The molecule has 1 aromatic heterocycles. The van der Waals surface area contributed by atoms with Crippen LogP contribution in [-0.4, -0.2) is 17.5 Å². The first kappa shape index (κ1) is 16.7. The van der Waals surface area contributed by atoms with Crippen LogP contribution < -0.4 is 10.1 Å². The molecule has 3 aromatic rings. The van der Waals surface area contributed by atoms with Crippen LogP contribution in [0.2, 0.25) is 5.02 Å². The summed E-state index contributed by atoms with van der Waals surface area (Å²) in [4.78, 5) is 16.3. The first-order chi connectivity index (χ1) is 12.2. The van der Waals surface area contributed by atoms with Crippen molar-refractivity contribution in [2.24, 2.45) is 0 Å². The number of nitriles is 1. The molecule has 0 spiro atoms.